The van der Waals surface area contributed by atoms with Crippen LogP contribution in [0.5, 0.6) is 0 Å². The maximum Gasteiger partial charge on any atom is 0.234 e. The van der Waals surface area contributed by atoms with Gasteiger partial charge in [-0.05, 0) is 42.8 Å². The Hall–Kier alpha value is -1.84. The van der Waals surface area contributed by atoms with Gasteiger partial charge in [-0.15, -0.1) is 10.2 Å². The monoisotopic (exact) mass is 495 g/mol. The highest BCUT2D eigenvalue weighted by atomic mass is 79.9. The van der Waals surface area contributed by atoms with Crippen molar-refractivity contribution < 1.29 is 4.79 Å². The van der Waals surface area contributed by atoms with E-state index < -0.39 is 0 Å². The second-order valence-corrected chi connectivity index (χ2v) is 8.11. The second kappa shape index (κ2) is 8.24. The average Bonchev–Trinajstić information content (AvgIpc) is 2.97. The number of carbonyl (C=O) groups is 1. The molecule has 134 valence electrons. The number of rotatable bonds is 5. The van der Waals surface area contributed by atoms with Crippen molar-refractivity contribution in [3.8, 4) is 11.4 Å². The molecule has 3 aromatic rings. The first-order valence-electron chi connectivity index (χ1n) is 7.60. The average molecular weight is 497 g/mol. The molecule has 1 heterocycles. The molecule has 0 bridgehead atoms. The van der Waals surface area contributed by atoms with E-state index in [0.717, 1.165) is 25.8 Å². The zero-order chi connectivity index (χ0) is 18.7. The largest absolute Gasteiger partial charge is 0.335 e. The third-order valence-corrected chi connectivity index (χ3v) is 6.08. The smallest absolute Gasteiger partial charge is 0.234 e. The van der Waals surface area contributed by atoms with Crippen molar-refractivity contribution in [3.63, 3.8) is 0 Å². The number of aromatic nitrogens is 3. The van der Waals surface area contributed by atoms with Gasteiger partial charge in [-0.3, -0.25) is 4.79 Å². The maximum atomic E-state index is 12.2. The van der Waals surface area contributed by atoms with E-state index in [1.54, 1.807) is 0 Å². The van der Waals surface area contributed by atoms with E-state index in [-0.39, 0.29) is 11.7 Å². The highest BCUT2D eigenvalue weighted by molar-refractivity contribution is 9.10. The van der Waals surface area contributed by atoms with Crippen molar-refractivity contribution in [2.75, 3.05) is 16.9 Å². The Morgan fingerprint density at radius 2 is 1.96 bits per heavy atom. The lowest BCUT2D eigenvalue weighted by atomic mass is 10.2. The third-order valence-electron chi connectivity index (χ3n) is 3.55. The molecule has 1 aromatic heterocycles. The summed E-state index contributed by atoms with van der Waals surface area (Å²) >= 11 is 8.15. The van der Waals surface area contributed by atoms with Crippen molar-refractivity contribution in [3.05, 3.63) is 57.0 Å². The molecule has 0 saturated heterocycles. The maximum absolute atomic E-state index is 12.2. The number of carbonyl (C=O) groups excluding carboxylic acids is 1. The molecule has 6 nitrogen and oxygen atoms in total. The van der Waals surface area contributed by atoms with Gasteiger partial charge in [0.15, 0.2) is 5.82 Å². The van der Waals surface area contributed by atoms with Gasteiger partial charge < -0.3 is 11.2 Å². The van der Waals surface area contributed by atoms with E-state index >= 15 is 0 Å². The Balaban J connectivity index is 1.66. The molecule has 2 aromatic carbocycles. The molecule has 0 atom stereocenters. The SMILES string of the molecule is Cc1cc(NC(=O)CSc2nnc(-c3ccccc3Br)n2N)ccc1Br. The fraction of sp³-hybridized carbons (Fsp3) is 0.118. The van der Waals surface area contributed by atoms with Crippen molar-refractivity contribution in [1.82, 2.24) is 14.9 Å². The molecule has 3 rings (SSSR count). The van der Waals surface area contributed by atoms with Gasteiger partial charge >= 0.3 is 0 Å². The summed E-state index contributed by atoms with van der Waals surface area (Å²) in [5, 5.41) is 11.5. The lowest BCUT2D eigenvalue weighted by Crippen LogP contribution is -2.16. The van der Waals surface area contributed by atoms with Crippen LogP contribution in [0.25, 0.3) is 11.4 Å². The van der Waals surface area contributed by atoms with E-state index in [2.05, 4.69) is 47.4 Å². The number of hydrogen-bond acceptors (Lipinski definition) is 5. The van der Waals surface area contributed by atoms with Crippen LogP contribution in [0.2, 0.25) is 0 Å². The minimum Gasteiger partial charge on any atom is -0.335 e. The number of nitrogen functional groups attached to an aromatic ring is 1. The standard InChI is InChI=1S/C17H15Br2N5OS/c1-10-8-11(6-7-13(10)18)21-15(25)9-26-17-23-22-16(24(17)20)12-4-2-3-5-14(12)19/h2-8H,9,20H2,1H3,(H,21,25). The molecular weight excluding hydrogens is 482 g/mol. The fourth-order valence-corrected chi connectivity index (χ4v) is 3.62. The quantitative estimate of drug-likeness (QED) is 0.408. The number of nitrogens with zero attached hydrogens (tertiary/aromatic N) is 3. The minimum atomic E-state index is -0.137. The van der Waals surface area contributed by atoms with Crippen molar-refractivity contribution in [2.24, 2.45) is 0 Å². The minimum absolute atomic E-state index is 0.137. The molecule has 9 heteroatoms. The molecule has 26 heavy (non-hydrogen) atoms. The topological polar surface area (TPSA) is 85.8 Å². The Morgan fingerprint density at radius 3 is 2.69 bits per heavy atom. The number of benzene rings is 2. The normalized spacial score (nSPS) is 10.7. The molecular formula is C17H15Br2N5OS. The van der Waals surface area contributed by atoms with Crippen LogP contribution < -0.4 is 11.2 Å². The molecule has 0 aliphatic heterocycles. The first kappa shape index (κ1) is 18.9. The molecule has 0 radical (unpaired) electrons. The number of aryl methyl sites for hydroxylation is 1. The van der Waals surface area contributed by atoms with Gasteiger partial charge in [0.05, 0.1) is 5.75 Å². The third kappa shape index (κ3) is 4.28. The number of nitrogens with one attached hydrogen (secondary N) is 1. The molecule has 0 fully saturated rings. The number of nitrogens with two attached hydrogens (primary N) is 1. The summed E-state index contributed by atoms with van der Waals surface area (Å²) in [7, 11) is 0. The van der Waals surface area contributed by atoms with Gasteiger partial charge in [-0.2, -0.15) is 0 Å². The highest BCUT2D eigenvalue weighted by Gasteiger charge is 2.15. The van der Waals surface area contributed by atoms with E-state index in [1.807, 2.05) is 49.4 Å². The van der Waals surface area contributed by atoms with Gasteiger partial charge in [-0.1, -0.05) is 55.8 Å². The summed E-state index contributed by atoms with van der Waals surface area (Å²) in [4.78, 5) is 12.2. The Morgan fingerprint density at radius 1 is 1.19 bits per heavy atom. The highest BCUT2D eigenvalue weighted by Crippen LogP contribution is 2.28. The predicted octanol–water partition coefficient (Wildman–Crippen LogP) is 4.22. The van der Waals surface area contributed by atoms with E-state index in [9.17, 15) is 4.79 Å². The van der Waals surface area contributed by atoms with E-state index in [4.69, 9.17) is 5.84 Å². The molecule has 0 spiro atoms. The summed E-state index contributed by atoms with van der Waals surface area (Å²) in [5.74, 6) is 6.67. The summed E-state index contributed by atoms with van der Waals surface area (Å²) in [5.41, 5.74) is 2.64. The first-order chi connectivity index (χ1) is 12.5. The van der Waals surface area contributed by atoms with Gasteiger partial charge in [0, 0.05) is 20.2 Å². The van der Waals surface area contributed by atoms with Gasteiger partial charge in [0.2, 0.25) is 11.1 Å². The van der Waals surface area contributed by atoms with Crippen LogP contribution in [-0.4, -0.2) is 26.5 Å². The lowest BCUT2D eigenvalue weighted by molar-refractivity contribution is -0.113. The Kier molecular flexibility index (Phi) is 6.00. The van der Waals surface area contributed by atoms with Crippen molar-refractivity contribution in [2.45, 2.75) is 12.1 Å². The van der Waals surface area contributed by atoms with Gasteiger partial charge in [0.1, 0.15) is 0 Å². The van der Waals surface area contributed by atoms with E-state index in [0.29, 0.717) is 11.0 Å². The molecule has 0 aliphatic carbocycles. The van der Waals surface area contributed by atoms with Crippen LogP contribution >= 0.6 is 43.6 Å². The van der Waals surface area contributed by atoms with Crippen LogP contribution in [-0.2, 0) is 4.79 Å². The summed E-state index contributed by atoms with van der Waals surface area (Å²) in [6.45, 7) is 1.97. The number of amides is 1. The number of hydrogen-bond donors (Lipinski definition) is 2. The molecule has 0 unspecified atom stereocenters. The Labute approximate surface area is 171 Å². The zero-order valence-corrected chi connectivity index (χ0v) is 17.7. The first-order valence-corrected chi connectivity index (χ1v) is 10.2. The van der Waals surface area contributed by atoms with Gasteiger partial charge in [0.25, 0.3) is 0 Å². The lowest BCUT2D eigenvalue weighted by Gasteiger charge is -2.07. The van der Waals surface area contributed by atoms with Crippen molar-refractivity contribution in [1.29, 1.82) is 0 Å². The van der Waals surface area contributed by atoms with Crippen LogP contribution in [0.3, 0.4) is 0 Å². The summed E-state index contributed by atoms with van der Waals surface area (Å²) in [6.07, 6.45) is 0. The van der Waals surface area contributed by atoms with Crippen LogP contribution in [0.1, 0.15) is 5.56 Å². The van der Waals surface area contributed by atoms with Gasteiger partial charge in [-0.25, -0.2) is 4.68 Å². The summed E-state index contributed by atoms with van der Waals surface area (Å²) in [6, 6.07) is 13.3. The van der Waals surface area contributed by atoms with Crippen LogP contribution in [0, 0.1) is 6.92 Å². The predicted molar refractivity (Wildman–Crippen MR) is 112 cm³/mol. The summed E-state index contributed by atoms with van der Waals surface area (Å²) < 4.78 is 3.27. The molecule has 0 saturated carbocycles. The molecule has 0 aliphatic rings. The number of halogens is 2. The molecule has 3 N–H and O–H groups in total. The fourth-order valence-electron chi connectivity index (χ4n) is 2.25. The van der Waals surface area contributed by atoms with Crippen molar-refractivity contribution >= 4 is 55.2 Å². The Bertz CT molecular complexity index is 960. The zero-order valence-electron chi connectivity index (χ0n) is 13.7. The number of thioether (sulfide) groups is 1. The van der Waals surface area contributed by atoms with E-state index in [1.165, 1.54) is 16.4 Å². The number of anilines is 1. The molecule has 1 amide bonds. The second-order valence-electron chi connectivity index (χ2n) is 5.46. The van der Waals surface area contributed by atoms with Crippen LogP contribution in [0.15, 0.2) is 56.6 Å². The van der Waals surface area contributed by atoms with Crippen LogP contribution in [0.4, 0.5) is 5.69 Å².